The number of amides is 1. The zero-order valence-corrected chi connectivity index (χ0v) is 19.8. The number of allylic oxidation sites excluding steroid dienone is 1. The number of nitrogens with zero attached hydrogens (tertiary/aromatic N) is 2. The molecule has 9 nitrogen and oxygen atoms in total. The van der Waals surface area contributed by atoms with E-state index in [0.29, 0.717) is 29.7 Å². The first-order chi connectivity index (χ1) is 16.9. The summed E-state index contributed by atoms with van der Waals surface area (Å²) in [7, 11) is 0. The second-order valence-electron chi connectivity index (χ2n) is 8.02. The van der Waals surface area contributed by atoms with E-state index in [-0.39, 0.29) is 24.0 Å². The molecule has 0 radical (unpaired) electrons. The molecule has 2 heterocycles. The van der Waals surface area contributed by atoms with Crippen LogP contribution in [0, 0.1) is 18.3 Å². The maximum Gasteiger partial charge on any atom is 0.262 e. The Kier molecular flexibility index (Phi) is 6.92. The van der Waals surface area contributed by atoms with Crippen molar-refractivity contribution in [3.05, 3.63) is 76.3 Å². The Hall–Kier alpha value is -4.45. The van der Waals surface area contributed by atoms with Crippen LogP contribution in [-0.2, 0) is 11.2 Å². The molecule has 1 aromatic heterocycles. The fourth-order valence-electron chi connectivity index (χ4n) is 3.99. The first-order valence-electron chi connectivity index (χ1n) is 11.4. The van der Waals surface area contributed by atoms with E-state index in [0.717, 1.165) is 23.2 Å². The molecule has 1 aliphatic rings. The summed E-state index contributed by atoms with van der Waals surface area (Å²) in [5.74, 6) is 0.453. The Labute approximate surface area is 203 Å². The van der Waals surface area contributed by atoms with Gasteiger partial charge in [-0.15, -0.1) is 5.10 Å². The van der Waals surface area contributed by atoms with E-state index >= 15 is 0 Å². The first kappa shape index (κ1) is 23.7. The molecular formula is C26H27N5O4. The van der Waals surface area contributed by atoms with E-state index in [2.05, 4.69) is 28.5 Å². The molecule has 180 valence electrons. The summed E-state index contributed by atoms with van der Waals surface area (Å²) in [6, 6.07) is 15.2. The number of H-pyrrole nitrogens is 1. The summed E-state index contributed by atoms with van der Waals surface area (Å²) in [6.45, 7) is 5.99. The van der Waals surface area contributed by atoms with Crippen molar-refractivity contribution in [1.82, 2.24) is 10.2 Å². The van der Waals surface area contributed by atoms with Crippen LogP contribution in [0.15, 0.2) is 53.9 Å². The molecule has 2 aromatic carbocycles. The standard InChI is InChI=1S/C26H27N5O4/c1-4-16-6-9-18(10-7-16)29-22(32)14-34-20-11-8-17(12-21(20)33-5-2)24-19(13-27)25(28)35-26-23(24)15(3)30-31-26/h6-12,24H,4-5,14,28H2,1-3H3,(H,29,32)(H,30,31). The number of nitrogens with one attached hydrogen (secondary N) is 2. The van der Waals surface area contributed by atoms with Crippen molar-refractivity contribution in [2.24, 2.45) is 5.73 Å². The average molecular weight is 474 g/mol. The van der Waals surface area contributed by atoms with Crippen molar-refractivity contribution in [2.45, 2.75) is 33.1 Å². The van der Waals surface area contributed by atoms with Gasteiger partial charge < -0.3 is 25.3 Å². The maximum absolute atomic E-state index is 12.4. The van der Waals surface area contributed by atoms with E-state index < -0.39 is 5.92 Å². The minimum Gasteiger partial charge on any atom is -0.490 e. The monoisotopic (exact) mass is 473 g/mol. The van der Waals surface area contributed by atoms with Crippen LogP contribution in [0.25, 0.3) is 0 Å². The summed E-state index contributed by atoms with van der Waals surface area (Å²) in [4.78, 5) is 12.4. The van der Waals surface area contributed by atoms with Gasteiger partial charge in [0.2, 0.25) is 11.8 Å². The predicted octanol–water partition coefficient (Wildman–Crippen LogP) is 3.91. The van der Waals surface area contributed by atoms with Crippen LogP contribution >= 0.6 is 0 Å². The smallest absolute Gasteiger partial charge is 0.262 e. The minimum absolute atomic E-state index is 0.0124. The zero-order chi connectivity index (χ0) is 24.9. The number of nitrogens with two attached hydrogens (primary N) is 1. The molecule has 1 amide bonds. The zero-order valence-electron chi connectivity index (χ0n) is 19.8. The second kappa shape index (κ2) is 10.2. The van der Waals surface area contributed by atoms with Gasteiger partial charge in [0, 0.05) is 16.9 Å². The van der Waals surface area contributed by atoms with Gasteiger partial charge in [-0.1, -0.05) is 25.1 Å². The molecule has 0 bridgehead atoms. The molecule has 1 atom stereocenters. The molecule has 3 aromatic rings. The molecule has 0 saturated heterocycles. The lowest BCUT2D eigenvalue weighted by atomic mass is 9.84. The molecule has 0 aliphatic carbocycles. The quantitative estimate of drug-likeness (QED) is 0.451. The fraction of sp³-hybridized carbons (Fsp3) is 0.269. The van der Waals surface area contributed by atoms with Crippen molar-refractivity contribution < 1.29 is 19.0 Å². The molecule has 0 saturated carbocycles. The van der Waals surface area contributed by atoms with Crippen LogP contribution in [0.1, 0.15) is 42.1 Å². The van der Waals surface area contributed by atoms with Gasteiger partial charge in [0.05, 0.1) is 12.5 Å². The number of aryl methyl sites for hydroxylation is 2. The van der Waals surface area contributed by atoms with E-state index in [4.69, 9.17) is 19.9 Å². The van der Waals surface area contributed by atoms with Crippen LogP contribution in [0.4, 0.5) is 5.69 Å². The second-order valence-corrected chi connectivity index (χ2v) is 8.02. The Morgan fingerprint density at radius 1 is 1.20 bits per heavy atom. The number of hydrogen-bond acceptors (Lipinski definition) is 7. The summed E-state index contributed by atoms with van der Waals surface area (Å²) in [5.41, 5.74) is 10.5. The van der Waals surface area contributed by atoms with Gasteiger partial charge in [-0.05, 0) is 55.7 Å². The predicted molar refractivity (Wildman–Crippen MR) is 130 cm³/mol. The lowest BCUT2D eigenvalue weighted by Gasteiger charge is -2.24. The van der Waals surface area contributed by atoms with Gasteiger partial charge in [-0.2, -0.15) is 5.26 Å². The summed E-state index contributed by atoms with van der Waals surface area (Å²) >= 11 is 0. The number of anilines is 1. The molecule has 0 spiro atoms. The molecule has 35 heavy (non-hydrogen) atoms. The highest BCUT2D eigenvalue weighted by atomic mass is 16.5. The van der Waals surface area contributed by atoms with Crippen LogP contribution in [0.5, 0.6) is 17.4 Å². The topological polar surface area (TPSA) is 135 Å². The van der Waals surface area contributed by atoms with Crippen LogP contribution in [0.2, 0.25) is 0 Å². The maximum atomic E-state index is 12.4. The molecule has 4 N–H and O–H groups in total. The Morgan fingerprint density at radius 3 is 2.66 bits per heavy atom. The average Bonchev–Trinajstić information content (AvgIpc) is 3.22. The van der Waals surface area contributed by atoms with Crippen LogP contribution in [0.3, 0.4) is 0 Å². The van der Waals surface area contributed by atoms with Crippen molar-refractivity contribution in [3.63, 3.8) is 0 Å². The van der Waals surface area contributed by atoms with E-state index in [1.807, 2.05) is 44.2 Å². The number of fused-ring (bicyclic) bond motifs is 1. The Morgan fingerprint density at radius 2 is 1.97 bits per heavy atom. The van der Waals surface area contributed by atoms with E-state index in [1.165, 1.54) is 5.56 Å². The van der Waals surface area contributed by atoms with Gasteiger partial charge >= 0.3 is 0 Å². The minimum atomic E-state index is -0.481. The van der Waals surface area contributed by atoms with E-state index in [9.17, 15) is 10.1 Å². The SMILES string of the molecule is CCOc1cc(C2C(C#N)=C(N)Oc3n[nH]c(C)c32)ccc1OCC(=O)Nc1ccc(CC)cc1. The number of aromatic nitrogens is 2. The molecule has 4 rings (SSSR count). The van der Waals surface area contributed by atoms with Crippen molar-refractivity contribution in [2.75, 3.05) is 18.5 Å². The third-order valence-electron chi connectivity index (χ3n) is 5.74. The van der Waals surface area contributed by atoms with Gasteiger partial charge in [0.1, 0.15) is 11.6 Å². The fourth-order valence-corrected chi connectivity index (χ4v) is 3.99. The number of aromatic amines is 1. The highest BCUT2D eigenvalue weighted by Crippen LogP contribution is 2.44. The molecule has 1 aliphatic heterocycles. The number of rotatable bonds is 8. The number of hydrogen-bond donors (Lipinski definition) is 3. The highest BCUT2D eigenvalue weighted by molar-refractivity contribution is 5.91. The number of benzene rings is 2. The van der Waals surface area contributed by atoms with Crippen LogP contribution in [-0.4, -0.2) is 29.3 Å². The normalized spacial score (nSPS) is 14.5. The largest absolute Gasteiger partial charge is 0.490 e. The summed E-state index contributed by atoms with van der Waals surface area (Å²) in [5, 5.41) is 19.6. The molecule has 1 unspecified atom stereocenters. The summed E-state index contributed by atoms with van der Waals surface area (Å²) in [6.07, 6.45) is 0.932. The van der Waals surface area contributed by atoms with Gasteiger partial charge in [0.15, 0.2) is 18.1 Å². The number of nitriles is 1. The number of ether oxygens (including phenoxy) is 3. The first-order valence-corrected chi connectivity index (χ1v) is 11.4. The Balaban J connectivity index is 1.56. The third-order valence-corrected chi connectivity index (χ3v) is 5.74. The number of carbonyl (C=O) groups is 1. The lowest BCUT2D eigenvalue weighted by molar-refractivity contribution is -0.118. The third kappa shape index (κ3) is 4.92. The molecule has 9 heteroatoms. The van der Waals surface area contributed by atoms with Gasteiger partial charge in [0.25, 0.3) is 5.91 Å². The highest BCUT2D eigenvalue weighted by Gasteiger charge is 2.34. The van der Waals surface area contributed by atoms with Crippen LogP contribution < -0.4 is 25.3 Å². The summed E-state index contributed by atoms with van der Waals surface area (Å²) < 4.78 is 17.1. The lowest BCUT2D eigenvalue weighted by Crippen LogP contribution is -2.21. The molecular weight excluding hydrogens is 446 g/mol. The molecule has 0 fully saturated rings. The van der Waals surface area contributed by atoms with Crippen molar-refractivity contribution in [1.29, 1.82) is 5.26 Å². The number of carbonyl (C=O) groups excluding carboxylic acids is 1. The Bertz CT molecular complexity index is 1300. The van der Waals surface area contributed by atoms with Gasteiger partial charge in [-0.3, -0.25) is 9.89 Å². The van der Waals surface area contributed by atoms with Crippen molar-refractivity contribution >= 4 is 11.6 Å². The van der Waals surface area contributed by atoms with Gasteiger partial charge in [-0.25, -0.2) is 0 Å². The van der Waals surface area contributed by atoms with Crippen molar-refractivity contribution in [3.8, 4) is 23.4 Å². The van der Waals surface area contributed by atoms with E-state index in [1.54, 1.807) is 12.1 Å².